The second-order valence-electron chi connectivity index (χ2n) is 9.36. The number of carbonyl (C=O) groups is 2. The van der Waals surface area contributed by atoms with Crippen molar-refractivity contribution in [3.05, 3.63) is 94.0 Å². The molecule has 2 aliphatic heterocycles. The largest absolute Gasteiger partial charge is 0.497 e. The highest BCUT2D eigenvalue weighted by molar-refractivity contribution is 8.15. The zero-order chi connectivity index (χ0) is 26.8. The maximum absolute atomic E-state index is 12.9. The number of nitrogens with zero attached hydrogens (tertiary/aromatic N) is 3. The minimum atomic E-state index is -0.615. The lowest BCUT2D eigenvalue weighted by Crippen LogP contribution is -2.25. The number of ether oxygens (including phenoxy) is 1. The molecule has 0 saturated carbocycles. The first kappa shape index (κ1) is 26.0. The number of benzene rings is 3. The molecule has 0 aliphatic carbocycles. The molecule has 2 amide bonds. The summed E-state index contributed by atoms with van der Waals surface area (Å²) >= 11 is 7.58. The molecule has 0 saturated heterocycles. The third kappa shape index (κ3) is 5.76. The highest BCUT2D eigenvalue weighted by Crippen LogP contribution is 2.39. The van der Waals surface area contributed by atoms with Crippen LogP contribution in [-0.4, -0.2) is 40.1 Å². The molecule has 0 unspecified atom stereocenters. The quantitative estimate of drug-likeness (QED) is 0.401. The Balaban J connectivity index is 1.35. The van der Waals surface area contributed by atoms with Gasteiger partial charge in [0.05, 0.1) is 18.9 Å². The van der Waals surface area contributed by atoms with Crippen molar-refractivity contribution < 1.29 is 14.3 Å². The Bertz CT molecular complexity index is 1430. The van der Waals surface area contributed by atoms with Gasteiger partial charge in [0, 0.05) is 23.6 Å². The number of amidine groups is 1. The lowest BCUT2D eigenvalue weighted by atomic mass is 9.98. The van der Waals surface area contributed by atoms with Gasteiger partial charge in [-0.25, -0.2) is 5.01 Å². The smallest absolute Gasteiger partial charge is 0.262 e. The molecule has 2 aliphatic rings. The van der Waals surface area contributed by atoms with Gasteiger partial charge in [-0.3, -0.25) is 9.59 Å². The molecule has 5 rings (SSSR count). The van der Waals surface area contributed by atoms with Crippen LogP contribution in [0.15, 0.2) is 76.8 Å². The number of hydrogen-bond acceptors (Lipinski definition) is 6. The van der Waals surface area contributed by atoms with Crippen LogP contribution in [0, 0.1) is 13.8 Å². The topological polar surface area (TPSA) is 83.4 Å². The van der Waals surface area contributed by atoms with E-state index >= 15 is 0 Å². The fourth-order valence-electron chi connectivity index (χ4n) is 4.65. The standard InChI is InChI=1S/C29H27ClN4O3S/c1-17-11-18(2)13-22(12-17)31-27(35)16-26-28(36)32-29(38-26)34-25(20-5-4-6-21(30)14-20)15-24(33-34)19-7-9-23(37-3)10-8-19/h4-14,25-26H,15-16H2,1-3H3,(H,31,35)/t25-,26-/m0/s1. The Labute approximate surface area is 230 Å². The maximum atomic E-state index is 12.9. The monoisotopic (exact) mass is 546 g/mol. The van der Waals surface area contributed by atoms with E-state index in [4.69, 9.17) is 21.4 Å². The van der Waals surface area contributed by atoms with Crippen molar-refractivity contribution in [2.75, 3.05) is 12.4 Å². The van der Waals surface area contributed by atoms with Gasteiger partial charge in [-0.05, 0) is 84.6 Å². The molecule has 3 aromatic rings. The molecule has 7 nitrogen and oxygen atoms in total. The molecule has 9 heteroatoms. The first-order valence-corrected chi connectivity index (χ1v) is 13.5. The molecule has 0 fully saturated rings. The predicted octanol–water partition coefficient (Wildman–Crippen LogP) is 6.14. The highest BCUT2D eigenvalue weighted by atomic mass is 35.5. The number of carbonyl (C=O) groups excluding carboxylic acids is 2. The number of anilines is 1. The van der Waals surface area contributed by atoms with Crippen LogP contribution in [-0.2, 0) is 9.59 Å². The Hall–Kier alpha value is -3.62. The number of aryl methyl sites for hydroxylation is 2. The number of aliphatic imine (C=N–C) groups is 1. The summed E-state index contributed by atoms with van der Waals surface area (Å²) in [6.07, 6.45) is 0.631. The van der Waals surface area contributed by atoms with Gasteiger partial charge < -0.3 is 10.1 Å². The number of hydrazone groups is 1. The molecular formula is C29H27ClN4O3S. The third-order valence-electron chi connectivity index (χ3n) is 6.37. The zero-order valence-corrected chi connectivity index (χ0v) is 22.8. The van der Waals surface area contributed by atoms with Gasteiger partial charge >= 0.3 is 0 Å². The molecule has 0 bridgehead atoms. The van der Waals surface area contributed by atoms with Crippen molar-refractivity contribution in [3.63, 3.8) is 0 Å². The summed E-state index contributed by atoms with van der Waals surface area (Å²) in [6.45, 7) is 3.96. The summed E-state index contributed by atoms with van der Waals surface area (Å²) in [4.78, 5) is 30.0. The molecule has 2 atom stereocenters. The number of amides is 2. The van der Waals surface area contributed by atoms with Crippen molar-refractivity contribution in [2.24, 2.45) is 10.1 Å². The summed E-state index contributed by atoms with van der Waals surface area (Å²) in [6, 6.07) is 21.0. The first-order chi connectivity index (χ1) is 18.3. The van der Waals surface area contributed by atoms with Crippen LogP contribution < -0.4 is 10.1 Å². The molecule has 1 N–H and O–H groups in total. The minimum Gasteiger partial charge on any atom is -0.497 e. The summed E-state index contributed by atoms with van der Waals surface area (Å²) < 4.78 is 5.28. The van der Waals surface area contributed by atoms with Gasteiger partial charge in [0.2, 0.25) is 5.91 Å². The van der Waals surface area contributed by atoms with Gasteiger partial charge in [-0.15, -0.1) is 0 Å². The number of methoxy groups -OCH3 is 1. The average molecular weight is 547 g/mol. The van der Waals surface area contributed by atoms with Crippen LogP contribution in [0.1, 0.15) is 41.1 Å². The number of nitrogens with one attached hydrogen (secondary N) is 1. The van der Waals surface area contributed by atoms with Crippen LogP contribution in [0.3, 0.4) is 0 Å². The Morgan fingerprint density at radius 1 is 1.11 bits per heavy atom. The lowest BCUT2D eigenvalue weighted by molar-refractivity contribution is -0.121. The predicted molar refractivity (Wildman–Crippen MR) is 153 cm³/mol. The third-order valence-corrected chi connectivity index (χ3v) is 7.75. The fraction of sp³-hybridized carbons (Fsp3) is 0.241. The lowest BCUT2D eigenvalue weighted by Gasteiger charge is -2.23. The number of thioether (sulfide) groups is 1. The van der Waals surface area contributed by atoms with Crippen molar-refractivity contribution in [1.82, 2.24) is 5.01 Å². The van der Waals surface area contributed by atoms with Gasteiger partial charge in [0.25, 0.3) is 5.91 Å². The van der Waals surface area contributed by atoms with Gasteiger partial charge in [0.15, 0.2) is 5.17 Å². The molecule has 2 heterocycles. The van der Waals surface area contributed by atoms with Crippen LogP contribution in [0.5, 0.6) is 5.75 Å². The van der Waals surface area contributed by atoms with Gasteiger partial charge in [-0.2, -0.15) is 10.1 Å². The van der Waals surface area contributed by atoms with Crippen molar-refractivity contribution in [1.29, 1.82) is 0 Å². The van der Waals surface area contributed by atoms with Crippen LogP contribution in [0.2, 0.25) is 5.02 Å². The van der Waals surface area contributed by atoms with E-state index < -0.39 is 5.25 Å². The molecule has 0 radical (unpaired) electrons. The number of halogens is 1. The second-order valence-corrected chi connectivity index (χ2v) is 11.0. The van der Waals surface area contributed by atoms with Crippen LogP contribution in [0.25, 0.3) is 0 Å². The van der Waals surface area contributed by atoms with Crippen LogP contribution >= 0.6 is 23.4 Å². The Kier molecular flexibility index (Phi) is 7.53. The Morgan fingerprint density at radius 2 is 1.84 bits per heavy atom. The molecule has 38 heavy (non-hydrogen) atoms. The maximum Gasteiger partial charge on any atom is 0.262 e. The number of rotatable bonds is 6. The van der Waals surface area contributed by atoms with Crippen LogP contribution in [0.4, 0.5) is 5.69 Å². The highest BCUT2D eigenvalue weighted by Gasteiger charge is 2.39. The summed E-state index contributed by atoms with van der Waals surface area (Å²) in [7, 11) is 1.63. The van der Waals surface area contributed by atoms with Crippen molar-refractivity contribution >= 4 is 51.7 Å². The van der Waals surface area contributed by atoms with Crippen molar-refractivity contribution in [3.8, 4) is 5.75 Å². The summed E-state index contributed by atoms with van der Waals surface area (Å²) in [5.41, 5.74) is 5.63. The molecular weight excluding hydrogens is 520 g/mol. The van der Waals surface area contributed by atoms with E-state index in [0.717, 1.165) is 39.4 Å². The van der Waals surface area contributed by atoms with E-state index in [1.807, 2.05) is 80.6 Å². The normalized spacial score (nSPS) is 18.8. The van der Waals surface area contributed by atoms with E-state index in [2.05, 4.69) is 10.3 Å². The molecule has 0 aromatic heterocycles. The zero-order valence-electron chi connectivity index (χ0n) is 21.3. The first-order valence-electron chi connectivity index (χ1n) is 12.2. The van der Waals surface area contributed by atoms with E-state index in [9.17, 15) is 9.59 Å². The number of hydrogen-bond donors (Lipinski definition) is 1. The minimum absolute atomic E-state index is 0.0220. The average Bonchev–Trinajstić information content (AvgIpc) is 3.47. The van der Waals surface area contributed by atoms with E-state index in [-0.39, 0.29) is 24.3 Å². The summed E-state index contributed by atoms with van der Waals surface area (Å²) in [5, 5.41) is 10.1. The molecule has 194 valence electrons. The van der Waals surface area contributed by atoms with E-state index in [1.165, 1.54) is 11.8 Å². The SMILES string of the molecule is COc1ccc(C2=NN(C3=NC(=O)[C@H](CC(=O)Nc4cc(C)cc(C)c4)S3)[C@H](c3cccc(Cl)c3)C2)cc1. The molecule has 0 spiro atoms. The van der Waals surface area contributed by atoms with E-state index in [0.29, 0.717) is 16.6 Å². The molecule has 3 aromatic carbocycles. The van der Waals surface area contributed by atoms with Crippen molar-refractivity contribution in [2.45, 2.75) is 38.0 Å². The van der Waals surface area contributed by atoms with Gasteiger partial charge in [-0.1, -0.05) is 41.6 Å². The fourth-order valence-corrected chi connectivity index (χ4v) is 5.91. The Morgan fingerprint density at radius 3 is 2.53 bits per heavy atom. The van der Waals surface area contributed by atoms with E-state index in [1.54, 1.807) is 12.1 Å². The summed E-state index contributed by atoms with van der Waals surface area (Å²) in [5.74, 6) is 0.199. The van der Waals surface area contributed by atoms with Gasteiger partial charge in [0.1, 0.15) is 11.0 Å². The second kappa shape index (κ2) is 11.0.